The normalized spacial score (nSPS) is 11.9. The molecule has 0 bridgehead atoms. The Kier molecular flexibility index (Phi) is 7.21. The van der Waals surface area contributed by atoms with Gasteiger partial charge in [-0.25, -0.2) is 9.97 Å². The molecule has 4 aromatic carbocycles. The molecule has 0 atom stereocenters. The van der Waals surface area contributed by atoms with Crippen LogP contribution >= 0.6 is 23.2 Å². The van der Waals surface area contributed by atoms with Gasteiger partial charge < -0.3 is 9.13 Å². The van der Waals surface area contributed by atoms with Crippen molar-refractivity contribution in [2.75, 3.05) is 0 Å². The van der Waals surface area contributed by atoms with Crippen molar-refractivity contribution in [2.45, 2.75) is 19.5 Å². The standard InChI is InChI=1S/C31H24Cl2N6/c32-24-6-2-22(3-7-24)18-34-26-10-12-30-28(16-26)36-20-38(30)14-1-15-39-21-37-29-17-27(11-13-31(29)39)35-19-23-4-8-25(33)9-5-23/h2-13,16-21H,1,14-15H2. The number of aliphatic imine (C=N–C) groups is 2. The van der Waals surface area contributed by atoms with E-state index in [1.807, 2.05) is 97.9 Å². The molecule has 6 aromatic rings. The van der Waals surface area contributed by atoms with Crippen molar-refractivity contribution in [3.05, 3.63) is 119 Å². The number of imidazole rings is 2. The Hall–Kier alpha value is -4.26. The smallest absolute Gasteiger partial charge is 0.0958 e. The summed E-state index contributed by atoms with van der Waals surface area (Å²) in [5.74, 6) is 0. The fraction of sp³-hybridized carbons (Fsp3) is 0.0968. The minimum atomic E-state index is 0.713. The van der Waals surface area contributed by atoms with E-state index in [4.69, 9.17) is 23.2 Å². The molecule has 192 valence electrons. The predicted octanol–water partition coefficient (Wildman–Crippen LogP) is 8.28. The Morgan fingerprint density at radius 3 is 1.46 bits per heavy atom. The molecule has 6 rings (SSSR count). The van der Waals surface area contributed by atoms with E-state index in [9.17, 15) is 0 Å². The SMILES string of the molecule is Clc1ccc(C=Nc2ccc3c(c2)ncn3CCCn2cnc3cc(N=Cc4ccc(Cl)cc4)ccc32)cc1. The van der Waals surface area contributed by atoms with Gasteiger partial charge in [0.2, 0.25) is 0 Å². The minimum Gasteiger partial charge on any atom is -0.331 e. The highest BCUT2D eigenvalue weighted by Crippen LogP contribution is 2.23. The van der Waals surface area contributed by atoms with Crippen molar-refractivity contribution < 1.29 is 0 Å². The Balaban J connectivity index is 1.09. The number of fused-ring (bicyclic) bond motifs is 2. The molecule has 0 aliphatic carbocycles. The zero-order valence-corrected chi connectivity index (χ0v) is 22.5. The van der Waals surface area contributed by atoms with Gasteiger partial charge in [0.15, 0.2) is 0 Å². The Bertz CT molecular complexity index is 1660. The largest absolute Gasteiger partial charge is 0.331 e. The van der Waals surface area contributed by atoms with Crippen molar-refractivity contribution in [3.63, 3.8) is 0 Å². The molecule has 2 aromatic heterocycles. The first-order valence-corrected chi connectivity index (χ1v) is 13.4. The molecule has 0 saturated carbocycles. The van der Waals surface area contributed by atoms with Crippen LogP contribution in [-0.4, -0.2) is 31.5 Å². The molecule has 6 nitrogen and oxygen atoms in total. The topological polar surface area (TPSA) is 60.4 Å². The second kappa shape index (κ2) is 11.2. The fourth-order valence-corrected chi connectivity index (χ4v) is 4.68. The molecule has 0 aliphatic rings. The van der Waals surface area contributed by atoms with Gasteiger partial charge >= 0.3 is 0 Å². The average Bonchev–Trinajstić information content (AvgIpc) is 3.56. The minimum absolute atomic E-state index is 0.713. The summed E-state index contributed by atoms with van der Waals surface area (Å²) in [6.07, 6.45) is 8.41. The van der Waals surface area contributed by atoms with Crippen LogP contribution in [0.3, 0.4) is 0 Å². The van der Waals surface area contributed by atoms with Crippen LogP contribution in [0.25, 0.3) is 22.1 Å². The Morgan fingerprint density at radius 2 is 1.03 bits per heavy atom. The second-order valence-corrected chi connectivity index (χ2v) is 10.1. The van der Waals surface area contributed by atoms with Gasteiger partial charge in [0.25, 0.3) is 0 Å². The lowest BCUT2D eigenvalue weighted by Crippen LogP contribution is -2.02. The summed E-state index contributed by atoms with van der Waals surface area (Å²) in [4.78, 5) is 18.4. The Labute approximate surface area is 235 Å². The fourth-order valence-electron chi connectivity index (χ4n) is 4.43. The lowest BCUT2D eigenvalue weighted by Gasteiger charge is -2.07. The maximum absolute atomic E-state index is 5.96. The number of aryl methyl sites for hydroxylation is 2. The van der Waals surface area contributed by atoms with E-state index < -0.39 is 0 Å². The van der Waals surface area contributed by atoms with Crippen LogP contribution in [0, 0.1) is 0 Å². The van der Waals surface area contributed by atoms with Crippen LogP contribution in [0.1, 0.15) is 17.5 Å². The van der Waals surface area contributed by atoms with E-state index in [-0.39, 0.29) is 0 Å². The maximum Gasteiger partial charge on any atom is 0.0958 e. The van der Waals surface area contributed by atoms with Crippen LogP contribution in [-0.2, 0) is 13.1 Å². The van der Waals surface area contributed by atoms with E-state index in [0.29, 0.717) is 10.0 Å². The van der Waals surface area contributed by atoms with E-state index in [1.165, 1.54) is 0 Å². The van der Waals surface area contributed by atoms with Crippen molar-refractivity contribution in [1.29, 1.82) is 0 Å². The number of nitrogens with zero attached hydrogens (tertiary/aromatic N) is 6. The number of rotatable bonds is 8. The van der Waals surface area contributed by atoms with Gasteiger partial charge in [0.1, 0.15) is 0 Å². The lowest BCUT2D eigenvalue weighted by atomic mass is 10.2. The molecule has 0 aliphatic heterocycles. The maximum atomic E-state index is 5.96. The zero-order chi connectivity index (χ0) is 26.6. The van der Waals surface area contributed by atoms with Gasteiger partial charge in [-0.05, 0) is 78.2 Å². The molecular formula is C31H24Cl2N6. The van der Waals surface area contributed by atoms with Crippen molar-refractivity contribution in [2.24, 2.45) is 9.98 Å². The van der Waals surface area contributed by atoms with Gasteiger partial charge in [-0.1, -0.05) is 47.5 Å². The molecule has 39 heavy (non-hydrogen) atoms. The molecular weight excluding hydrogens is 527 g/mol. The average molecular weight is 551 g/mol. The van der Waals surface area contributed by atoms with Crippen molar-refractivity contribution in [3.8, 4) is 0 Å². The van der Waals surface area contributed by atoms with Gasteiger partial charge in [0, 0.05) is 35.6 Å². The third kappa shape index (κ3) is 5.93. The molecule has 8 heteroatoms. The Morgan fingerprint density at radius 1 is 0.590 bits per heavy atom. The molecule has 0 unspecified atom stereocenters. The van der Waals surface area contributed by atoms with Crippen LogP contribution in [0.4, 0.5) is 11.4 Å². The second-order valence-electron chi connectivity index (χ2n) is 9.20. The number of hydrogen-bond donors (Lipinski definition) is 0. The first kappa shape index (κ1) is 25.0. The van der Waals surface area contributed by atoms with E-state index in [2.05, 4.69) is 41.2 Å². The summed E-state index contributed by atoms with van der Waals surface area (Å²) in [5, 5.41) is 1.43. The molecule has 0 saturated heterocycles. The van der Waals surface area contributed by atoms with E-state index >= 15 is 0 Å². The summed E-state index contributed by atoms with van der Waals surface area (Å²) in [7, 11) is 0. The molecule has 2 heterocycles. The van der Waals surface area contributed by atoms with Gasteiger partial charge in [-0.2, -0.15) is 0 Å². The summed E-state index contributed by atoms with van der Waals surface area (Å²) in [6.45, 7) is 1.71. The molecule has 0 fully saturated rings. The molecule has 0 N–H and O–H groups in total. The monoisotopic (exact) mass is 550 g/mol. The van der Waals surface area contributed by atoms with Crippen LogP contribution in [0.15, 0.2) is 108 Å². The summed E-state index contributed by atoms with van der Waals surface area (Å²) in [6, 6.07) is 27.4. The van der Waals surface area contributed by atoms with Gasteiger partial charge in [0.05, 0.1) is 46.1 Å². The molecule has 0 spiro atoms. The third-order valence-electron chi connectivity index (χ3n) is 6.47. The van der Waals surface area contributed by atoms with Crippen molar-refractivity contribution in [1.82, 2.24) is 19.1 Å². The van der Waals surface area contributed by atoms with Crippen LogP contribution < -0.4 is 0 Å². The van der Waals surface area contributed by atoms with Crippen molar-refractivity contribution >= 4 is 69.1 Å². The highest BCUT2D eigenvalue weighted by atomic mass is 35.5. The highest BCUT2D eigenvalue weighted by Gasteiger charge is 2.06. The highest BCUT2D eigenvalue weighted by molar-refractivity contribution is 6.30. The summed E-state index contributed by atoms with van der Waals surface area (Å²) in [5.41, 5.74) is 7.78. The van der Waals surface area contributed by atoms with E-state index in [1.54, 1.807) is 0 Å². The van der Waals surface area contributed by atoms with Crippen LogP contribution in [0.2, 0.25) is 10.0 Å². The van der Waals surface area contributed by atoms with E-state index in [0.717, 1.165) is 64.1 Å². The summed E-state index contributed by atoms with van der Waals surface area (Å²) < 4.78 is 4.37. The number of halogens is 2. The molecule has 0 radical (unpaired) electrons. The quantitative estimate of drug-likeness (QED) is 0.179. The third-order valence-corrected chi connectivity index (χ3v) is 6.98. The number of benzene rings is 4. The summed E-state index contributed by atoms with van der Waals surface area (Å²) >= 11 is 11.9. The van der Waals surface area contributed by atoms with Gasteiger partial charge in [-0.15, -0.1) is 0 Å². The first-order chi connectivity index (χ1) is 19.1. The first-order valence-electron chi connectivity index (χ1n) is 12.6. The zero-order valence-electron chi connectivity index (χ0n) is 21.0. The predicted molar refractivity (Wildman–Crippen MR) is 161 cm³/mol. The molecule has 0 amide bonds. The lowest BCUT2D eigenvalue weighted by molar-refractivity contribution is 0.580. The number of aromatic nitrogens is 4. The van der Waals surface area contributed by atoms with Gasteiger partial charge in [-0.3, -0.25) is 9.98 Å². The number of hydrogen-bond acceptors (Lipinski definition) is 4. The van der Waals surface area contributed by atoms with Crippen LogP contribution in [0.5, 0.6) is 0 Å².